The van der Waals surface area contributed by atoms with Gasteiger partial charge < -0.3 is 4.74 Å². The Hall–Kier alpha value is -1.31. The monoisotopic (exact) mass is 232 g/mol. The number of hydrogen-bond donors (Lipinski definition) is 0. The third-order valence-corrected chi connectivity index (χ3v) is 4.39. The molecule has 1 heterocycles. The van der Waals surface area contributed by atoms with E-state index in [0.29, 0.717) is 0 Å². The van der Waals surface area contributed by atoms with E-state index in [0.717, 1.165) is 34.3 Å². The van der Waals surface area contributed by atoms with Crippen LogP contribution in [-0.2, 0) is 5.41 Å². The Labute approximate surface area is 103 Å². The Morgan fingerprint density at radius 2 is 1.71 bits per heavy atom. The molecule has 0 fully saturated rings. The molecule has 2 nitrogen and oxygen atoms in total. The average Bonchev–Trinajstić information content (AvgIpc) is 2.48. The van der Waals surface area contributed by atoms with Crippen LogP contribution in [0.1, 0.15) is 53.4 Å². The van der Waals surface area contributed by atoms with Crippen molar-refractivity contribution in [2.45, 2.75) is 53.1 Å². The van der Waals surface area contributed by atoms with Gasteiger partial charge in [-0.2, -0.15) is 0 Å². The van der Waals surface area contributed by atoms with Gasteiger partial charge >= 0.3 is 0 Å². The Kier molecular flexibility index (Phi) is 2.57. The molecule has 92 valence electrons. The highest BCUT2D eigenvalue weighted by Gasteiger charge is 2.41. The second-order valence-corrected chi connectivity index (χ2v) is 5.59. The van der Waals surface area contributed by atoms with Gasteiger partial charge in [-0.15, -0.1) is 0 Å². The van der Waals surface area contributed by atoms with Crippen LogP contribution in [0.15, 0.2) is 0 Å². The van der Waals surface area contributed by atoms with E-state index in [9.17, 15) is 4.79 Å². The summed E-state index contributed by atoms with van der Waals surface area (Å²) in [6, 6.07) is 0. The van der Waals surface area contributed by atoms with Gasteiger partial charge in [0.25, 0.3) is 0 Å². The second kappa shape index (κ2) is 3.59. The van der Waals surface area contributed by atoms with Crippen LogP contribution in [0.3, 0.4) is 0 Å². The van der Waals surface area contributed by atoms with Crippen molar-refractivity contribution < 1.29 is 9.53 Å². The molecule has 0 bridgehead atoms. The van der Waals surface area contributed by atoms with Gasteiger partial charge in [0.05, 0.1) is 0 Å². The van der Waals surface area contributed by atoms with Crippen LogP contribution in [0.2, 0.25) is 0 Å². The first-order valence-corrected chi connectivity index (χ1v) is 6.08. The highest BCUT2D eigenvalue weighted by molar-refractivity contribution is 5.83. The predicted molar refractivity (Wildman–Crippen MR) is 69.2 cm³/mol. The third-order valence-electron chi connectivity index (χ3n) is 4.39. The van der Waals surface area contributed by atoms with Gasteiger partial charge in [0.2, 0.25) is 0 Å². The highest BCUT2D eigenvalue weighted by Crippen LogP contribution is 2.48. The maximum absolute atomic E-state index is 11.3. The molecule has 0 radical (unpaired) electrons. The maximum Gasteiger partial charge on any atom is 0.150 e. The molecule has 0 aliphatic carbocycles. The zero-order valence-corrected chi connectivity index (χ0v) is 11.5. The fraction of sp³-hybridized carbons (Fsp3) is 0.533. The lowest BCUT2D eigenvalue weighted by atomic mass is 9.77. The van der Waals surface area contributed by atoms with E-state index in [2.05, 4.69) is 20.8 Å². The lowest BCUT2D eigenvalue weighted by molar-refractivity contribution is 0.112. The van der Waals surface area contributed by atoms with Crippen LogP contribution in [0.4, 0.5) is 0 Å². The summed E-state index contributed by atoms with van der Waals surface area (Å²) < 4.78 is 6.00. The molecule has 17 heavy (non-hydrogen) atoms. The first-order chi connectivity index (χ1) is 7.82. The smallest absolute Gasteiger partial charge is 0.150 e. The van der Waals surface area contributed by atoms with Gasteiger partial charge in [-0.25, -0.2) is 0 Å². The van der Waals surface area contributed by atoms with Gasteiger partial charge in [0.15, 0.2) is 6.29 Å². The number of aldehydes is 1. The van der Waals surface area contributed by atoms with Crippen molar-refractivity contribution >= 4 is 6.29 Å². The van der Waals surface area contributed by atoms with E-state index in [1.807, 2.05) is 20.8 Å². The topological polar surface area (TPSA) is 26.3 Å². The first-order valence-electron chi connectivity index (χ1n) is 6.08. The SMILES string of the molecule is Cc1c(C)c2c(c(C)c1C=O)C(C)(C)C(C)O2. The average molecular weight is 232 g/mol. The largest absolute Gasteiger partial charge is 0.489 e. The first kappa shape index (κ1) is 12.2. The summed E-state index contributed by atoms with van der Waals surface area (Å²) in [7, 11) is 0. The minimum Gasteiger partial charge on any atom is -0.489 e. The number of carbonyl (C=O) groups is 1. The zero-order valence-electron chi connectivity index (χ0n) is 11.5. The van der Waals surface area contributed by atoms with Crippen molar-refractivity contribution in [1.82, 2.24) is 0 Å². The molecule has 0 saturated carbocycles. The molecule has 1 aliphatic heterocycles. The molecule has 2 heteroatoms. The van der Waals surface area contributed by atoms with Gasteiger partial charge in [0, 0.05) is 16.5 Å². The number of benzene rings is 1. The second-order valence-electron chi connectivity index (χ2n) is 5.59. The summed E-state index contributed by atoms with van der Waals surface area (Å²) >= 11 is 0. The quantitative estimate of drug-likeness (QED) is 0.693. The van der Waals surface area contributed by atoms with Crippen LogP contribution in [0.5, 0.6) is 5.75 Å². The molecular formula is C15H20O2. The maximum atomic E-state index is 11.3. The molecule has 1 aliphatic rings. The van der Waals surface area contributed by atoms with Crippen molar-refractivity contribution in [2.75, 3.05) is 0 Å². The van der Waals surface area contributed by atoms with Crippen molar-refractivity contribution in [2.24, 2.45) is 0 Å². The van der Waals surface area contributed by atoms with Crippen LogP contribution >= 0.6 is 0 Å². The van der Waals surface area contributed by atoms with E-state index in [1.165, 1.54) is 5.56 Å². The minimum atomic E-state index is -0.0321. The zero-order chi connectivity index (χ0) is 13.0. The molecule has 0 saturated heterocycles. The van der Waals surface area contributed by atoms with Crippen molar-refractivity contribution in [1.29, 1.82) is 0 Å². The molecule has 0 N–H and O–H groups in total. The number of rotatable bonds is 1. The van der Waals surface area contributed by atoms with Crippen LogP contribution < -0.4 is 4.74 Å². The van der Waals surface area contributed by atoms with E-state index < -0.39 is 0 Å². The van der Waals surface area contributed by atoms with Gasteiger partial charge in [-0.1, -0.05) is 13.8 Å². The van der Waals surface area contributed by atoms with Gasteiger partial charge in [-0.05, 0) is 44.4 Å². The molecule has 0 amide bonds. The van der Waals surface area contributed by atoms with Gasteiger partial charge in [0.1, 0.15) is 11.9 Å². The molecule has 0 spiro atoms. The van der Waals surface area contributed by atoms with Crippen molar-refractivity contribution in [3.8, 4) is 5.75 Å². The lowest BCUT2D eigenvalue weighted by Gasteiger charge is -2.24. The van der Waals surface area contributed by atoms with Crippen LogP contribution in [0.25, 0.3) is 0 Å². The normalized spacial score (nSPS) is 20.9. The Morgan fingerprint density at radius 1 is 1.12 bits per heavy atom. The van der Waals surface area contributed by atoms with E-state index in [-0.39, 0.29) is 11.5 Å². The fourth-order valence-corrected chi connectivity index (χ4v) is 2.77. The molecule has 1 unspecified atom stereocenters. The highest BCUT2D eigenvalue weighted by atomic mass is 16.5. The summed E-state index contributed by atoms with van der Waals surface area (Å²) in [5.41, 5.74) is 5.22. The van der Waals surface area contributed by atoms with Crippen LogP contribution in [0, 0.1) is 20.8 Å². The Morgan fingerprint density at radius 3 is 2.24 bits per heavy atom. The summed E-state index contributed by atoms with van der Waals surface area (Å²) in [5, 5.41) is 0. The van der Waals surface area contributed by atoms with Crippen LogP contribution in [-0.4, -0.2) is 12.4 Å². The fourth-order valence-electron chi connectivity index (χ4n) is 2.77. The summed E-state index contributed by atoms with van der Waals surface area (Å²) in [5.74, 6) is 0.989. The minimum absolute atomic E-state index is 0.0321. The Balaban J connectivity index is 2.85. The number of hydrogen-bond acceptors (Lipinski definition) is 2. The van der Waals surface area contributed by atoms with Gasteiger partial charge in [-0.3, -0.25) is 4.79 Å². The molecule has 1 atom stereocenters. The van der Waals surface area contributed by atoms with Crippen molar-refractivity contribution in [3.63, 3.8) is 0 Å². The molecule has 2 rings (SSSR count). The predicted octanol–water partition coefficient (Wildman–Crippen LogP) is 3.48. The number of ether oxygens (including phenoxy) is 1. The van der Waals surface area contributed by atoms with E-state index >= 15 is 0 Å². The number of fused-ring (bicyclic) bond motifs is 1. The molecule has 0 aromatic heterocycles. The lowest BCUT2D eigenvalue weighted by Crippen LogP contribution is -2.29. The summed E-state index contributed by atoms with van der Waals surface area (Å²) in [4.78, 5) is 11.3. The Bertz CT molecular complexity index is 498. The standard InChI is InChI=1S/C15H20O2/c1-8-9(2)14-13(10(3)12(8)7-16)15(5,6)11(4)17-14/h7,11H,1-6H3. The molecule has 1 aromatic rings. The number of carbonyl (C=O) groups excluding carboxylic acids is 1. The van der Waals surface area contributed by atoms with E-state index in [1.54, 1.807) is 0 Å². The van der Waals surface area contributed by atoms with E-state index in [4.69, 9.17) is 4.74 Å². The van der Waals surface area contributed by atoms with Crippen molar-refractivity contribution in [3.05, 3.63) is 27.8 Å². The summed E-state index contributed by atoms with van der Waals surface area (Å²) in [6.07, 6.45) is 1.12. The summed E-state index contributed by atoms with van der Waals surface area (Å²) in [6.45, 7) is 12.5. The third kappa shape index (κ3) is 1.43. The molecular weight excluding hydrogens is 212 g/mol. The molecule has 1 aromatic carbocycles.